The molecule has 0 spiro atoms. The van der Waals surface area contributed by atoms with Crippen LogP contribution < -0.4 is 9.47 Å². The molecule has 0 fully saturated rings. The summed E-state index contributed by atoms with van der Waals surface area (Å²) in [5.41, 5.74) is 0.400. The van der Waals surface area contributed by atoms with Gasteiger partial charge in [0, 0.05) is 29.0 Å². The smallest absolute Gasteiger partial charge is 0.426 e. The molecule has 142 valence electrons. The summed E-state index contributed by atoms with van der Waals surface area (Å²) < 4.78 is 77.5. The molecule has 0 aliphatic rings. The van der Waals surface area contributed by atoms with Crippen molar-refractivity contribution in [1.29, 1.82) is 0 Å². The van der Waals surface area contributed by atoms with Crippen molar-refractivity contribution < 1.29 is 31.4 Å². The molecule has 0 amide bonds. The molecule has 1 aromatic carbocycles. The quantitative estimate of drug-likeness (QED) is 0.515. The number of ether oxygens (including phenoxy) is 2. The number of methoxy groups -OCH3 is 1. The van der Waals surface area contributed by atoms with Gasteiger partial charge in [-0.3, -0.25) is 0 Å². The van der Waals surface area contributed by atoms with Crippen LogP contribution >= 0.6 is 11.3 Å². The van der Waals surface area contributed by atoms with Crippen molar-refractivity contribution in [2.75, 3.05) is 7.11 Å². The van der Waals surface area contributed by atoms with E-state index in [0.29, 0.717) is 22.8 Å². The van der Waals surface area contributed by atoms with Crippen LogP contribution in [0.4, 0.5) is 22.0 Å². The average Bonchev–Trinajstić information content (AvgIpc) is 3.05. The summed E-state index contributed by atoms with van der Waals surface area (Å²) in [5, 5.41) is 1.31. The minimum Gasteiger partial charge on any atom is -0.483 e. The van der Waals surface area contributed by atoms with Gasteiger partial charge in [-0.05, 0) is 23.6 Å². The summed E-state index contributed by atoms with van der Waals surface area (Å²) in [5.74, 6) is -2.41. The lowest BCUT2D eigenvalue weighted by molar-refractivity contribution is -0.135. The largest absolute Gasteiger partial charge is 0.483 e. The zero-order chi connectivity index (χ0) is 19.6. The third-order valence-electron chi connectivity index (χ3n) is 3.69. The second kappa shape index (κ2) is 7.51. The van der Waals surface area contributed by atoms with Gasteiger partial charge in [0.05, 0.1) is 7.11 Å². The van der Waals surface area contributed by atoms with E-state index in [0.717, 1.165) is 18.2 Å². The number of para-hydroxylation sites is 1. The first-order valence-corrected chi connectivity index (χ1v) is 8.44. The normalized spacial score (nSPS) is 11.5. The molecule has 2 heterocycles. The molecule has 0 radical (unpaired) electrons. The summed E-state index contributed by atoms with van der Waals surface area (Å²) >= 11 is 0.480. The number of thiophene rings is 1. The first-order valence-electron chi connectivity index (χ1n) is 7.56. The average molecular weight is 401 g/mol. The number of benzene rings is 1. The van der Waals surface area contributed by atoms with Crippen LogP contribution in [0, 0.1) is 11.6 Å². The molecule has 0 bridgehead atoms. The number of hydrogen-bond acceptors (Lipinski definition) is 4. The fourth-order valence-corrected chi connectivity index (χ4v) is 3.39. The molecule has 0 aliphatic heterocycles. The lowest BCUT2D eigenvalue weighted by Crippen LogP contribution is -2.09. The summed E-state index contributed by atoms with van der Waals surface area (Å²) in [6.45, 7) is -0.655. The summed E-state index contributed by atoms with van der Waals surface area (Å²) in [7, 11) is 1.41. The molecule has 0 unspecified atom stereocenters. The molecular weight excluding hydrogens is 389 g/mol. The van der Waals surface area contributed by atoms with Crippen LogP contribution in [-0.2, 0) is 12.8 Å². The van der Waals surface area contributed by atoms with Crippen molar-refractivity contribution in [3.63, 3.8) is 0 Å². The maximum absolute atomic E-state index is 13.7. The topological polar surface area (TPSA) is 31.4 Å². The number of nitrogens with zero attached hydrogens (tertiary/aromatic N) is 1. The van der Waals surface area contributed by atoms with Crippen molar-refractivity contribution in [3.8, 4) is 22.8 Å². The van der Waals surface area contributed by atoms with Crippen LogP contribution in [-0.4, -0.2) is 12.1 Å². The Morgan fingerprint density at radius 3 is 2.33 bits per heavy atom. The van der Waals surface area contributed by atoms with E-state index in [1.54, 1.807) is 6.07 Å². The Bertz CT molecular complexity index is 918. The van der Waals surface area contributed by atoms with Gasteiger partial charge in [-0.15, -0.1) is 11.3 Å². The van der Waals surface area contributed by atoms with Gasteiger partial charge in [0.2, 0.25) is 5.88 Å². The first kappa shape index (κ1) is 19.1. The number of pyridine rings is 1. The lowest BCUT2D eigenvalue weighted by Gasteiger charge is -2.13. The Hall–Kier alpha value is -2.68. The van der Waals surface area contributed by atoms with E-state index in [1.165, 1.54) is 24.8 Å². The van der Waals surface area contributed by atoms with Crippen LogP contribution in [0.2, 0.25) is 0 Å². The number of alkyl halides is 3. The minimum absolute atomic E-state index is 0.220. The van der Waals surface area contributed by atoms with Crippen LogP contribution in [0.3, 0.4) is 0 Å². The molecule has 9 heteroatoms. The Balaban J connectivity index is 1.99. The van der Waals surface area contributed by atoms with Gasteiger partial charge in [-0.1, -0.05) is 6.07 Å². The highest BCUT2D eigenvalue weighted by Gasteiger charge is 2.37. The Labute approximate surface area is 155 Å². The zero-order valence-electron chi connectivity index (χ0n) is 13.8. The highest BCUT2D eigenvalue weighted by atomic mass is 32.1. The van der Waals surface area contributed by atoms with Crippen molar-refractivity contribution in [3.05, 3.63) is 64.0 Å². The predicted octanol–water partition coefficient (Wildman–Crippen LogP) is 5.69. The van der Waals surface area contributed by atoms with Crippen molar-refractivity contribution in [2.24, 2.45) is 0 Å². The maximum Gasteiger partial charge on any atom is 0.426 e. The van der Waals surface area contributed by atoms with Crippen molar-refractivity contribution in [1.82, 2.24) is 4.98 Å². The van der Waals surface area contributed by atoms with Crippen LogP contribution in [0.15, 0.2) is 41.9 Å². The molecule has 0 aliphatic carbocycles. The minimum atomic E-state index is -4.63. The molecule has 0 atom stereocenters. The molecule has 3 nitrogen and oxygen atoms in total. The van der Waals surface area contributed by atoms with Gasteiger partial charge in [-0.2, -0.15) is 13.2 Å². The number of aromatic nitrogens is 1. The van der Waals surface area contributed by atoms with Gasteiger partial charge in [0.15, 0.2) is 17.4 Å². The molecular formula is C18H12F5NO2S. The molecule has 3 rings (SSSR count). The first-order chi connectivity index (χ1) is 12.8. The summed E-state index contributed by atoms with van der Waals surface area (Å²) in [6, 6.07) is 6.11. The molecule has 0 saturated carbocycles. The van der Waals surface area contributed by atoms with E-state index >= 15 is 0 Å². The van der Waals surface area contributed by atoms with E-state index in [1.807, 2.05) is 0 Å². The Morgan fingerprint density at radius 2 is 1.78 bits per heavy atom. The van der Waals surface area contributed by atoms with Gasteiger partial charge in [0.25, 0.3) is 0 Å². The molecule has 2 aromatic heterocycles. The van der Waals surface area contributed by atoms with E-state index in [2.05, 4.69) is 4.98 Å². The predicted molar refractivity (Wildman–Crippen MR) is 89.8 cm³/mol. The molecule has 3 aromatic rings. The van der Waals surface area contributed by atoms with Gasteiger partial charge in [0.1, 0.15) is 11.5 Å². The van der Waals surface area contributed by atoms with Crippen LogP contribution in [0.5, 0.6) is 11.6 Å². The molecule has 0 saturated heterocycles. The van der Waals surface area contributed by atoms with Crippen LogP contribution in [0.25, 0.3) is 11.1 Å². The van der Waals surface area contributed by atoms with Crippen molar-refractivity contribution in [2.45, 2.75) is 12.8 Å². The SMILES string of the molecule is COc1ccc(-c2csc(C(F)(F)F)c2COc2c(F)cccc2F)cn1. The van der Waals surface area contributed by atoms with E-state index in [4.69, 9.17) is 9.47 Å². The summed E-state index contributed by atoms with van der Waals surface area (Å²) in [4.78, 5) is 3.07. The highest BCUT2D eigenvalue weighted by molar-refractivity contribution is 7.10. The van der Waals surface area contributed by atoms with Crippen LogP contribution in [0.1, 0.15) is 10.4 Å². The monoisotopic (exact) mass is 401 g/mol. The molecule has 27 heavy (non-hydrogen) atoms. The maximum atomic E-state index is 13.7. The fraction of sp³-hybridized carbons (Fsp3) is 0.167. The molecule has 0 N–H and O–H groups in total. The highest BCUT2D eigenvalue weighted by Crippen LogP contribution is 2.42. The van der Waals surface area contributed by atoms with Gasteiger partial charge >= 0.3 is 6.18 Å². The second-order valence-corrected chi connectivity index (χ2v) is 6.26. The summed E-state index contributed by atoms with van der Waals surface area (Å²) in [6.07, 6.45) is -3.27. The number of rotatable bonds is 5. The van der Waals surface area contributed by atoms with Gasteiger partial charge < -0.3 is 9.47 Å². The third-order valence-corrected chi connectivity index (χ3v) is 4.75. The zero-order valence-corrected chi connectivity index (χ0v) is 14.6. The lowest BCUT2D eigenvalue weighted by atomic mass is 10.0. The third kappa shape index (κ3) is 4.02. The Morgan fingerprint density at radius 1 is 1.07 bits per heavy atom. The fourth-order valence-electron chi connectivity index (χ4n) is 2.43. The number of hydrogen-bond donors (Lipinski definition) is 0. The van der Waals surface area contributed by atoms with Gasteiger partial charge in [-0.25, -0.2) is 13.8 Å². The van der Waals surface area contributed by atoms with E-state index < -0.39 is 35.0 Å². The van der Waals surface area contributed by atoms with Crippen molar-refractivity contribution >= 4 is 11.3 Å². The standard InChI is InChI=1S/C18H12F5NO2S/c1-25-15-6-5-10(7-24-15)12-9-27-17(18(21,22)23)11(12)8-26-16-13(19)3-2-4-14(16)20/h2-7,9H,8H2,1H3. The second-order valence-electron chi connectivity index (χ2n) is 5.38. The number of halogens is 5. The Kier molecular flexibility index (Phi) is 5.31. The van der Waals surface area contributed by atoms with E-state index in [9.17, 15) is 22.0 Å². The van der Waals surface area contributed by atoms with E-state index in [-0.39, 0.29) is 11.1 Å².